The second-order valence-corrected chi connectivity index (χ2v) is 5.47. The number of urea groups is 1. The van der Waals surface area contributed by atoms with Crippen LogP contribution in [0.15, 0.2) is 23.8 Å². The zero-order chi connectivity index (χ0) is 18.2. The largest absolute Gasteiger partial charge is 0.372 e. The Morgan fingerprint density at radius 1 is 1.08 bits per heavy atom. The van der Waals surface area contributed by atoms with Crippen molar-refractivity contribution in [2.75, 3.05) is 33.1 Å². The van der Waals surface area contributed by atoms with E-state index in [0.29, 0.717) is 11.3 Å². The van der Waals surface area contributed by atoms with Gasteiger partial charge >= 0.3 is 6.03 Å². The van der Waals surface area contributed by atoms with Gasteiger partial charge in [0.05, 0.1) is 4.92 Å². The van der Waals surface area contributed by atoms with E-state index in [4.69, 9.17) is 0 Å². The highest BCUT2D eigenvalue weighted by Gasteiger charge is 2.37. The number of hydrogen-bond donors (Lipinski definition) is 0. The molecule has 24 heavy (non-hydrogen) atoms. The molecule has 0 bridgehead atoms. The van der Waals surface area contributed by atoms with E-state index < -0.39 is 22.8 Å². The van der Waals surface area contributed by atoms with E-state index in [-0.39, 0.29) is 11.3 Å². The van der Waals surface area contributed by atoms with Crippen molar-refractivity contribution in [1.29, 1.82) is 0 Å². The van der Waals surface area contributed by atoms with Gasteiger partial charge in [-0.2, -0.15) is 0 Å². The molecule has 0 aromatic heterocycles. The predicted molar refractivity (Wildman–Crippen MR) is 86.3 cm³/mol. The van der Waals surface area contributed by atoms with Crippen LogP contribution in [0.5, 0.6) is 0 Å². The molecule has 0 unspecified atom stereocenters. The number of nitro groups is 1. The number of amides is 4. The summed E-state index contributed by atoms with van der Waals surface area (Å²) in [4.78, 5) is 49.9. The summed E-state index contributed by atoms with van der Waals surface area (Å²) in [5.41, 5.74) is 0.336. The topological polar surface area (TPSA) is 104 Å². The van der Waals surface area contributed by atoms with Crippen LogP contribution >= 0.6 is 0 Å². The molecule has 1 saturated heterocycles. The number of carbonyl (C=O) groups excluding carboxylic acids is 3. The average molecular weight is 332 g/mol. The van der Waals surface area contributed by atoms with Gasteiger partial charge in [0.25, 0.3) is 17.5 Å². The van der Waals surface area contributed by atoms with Crippen LogP contribution in [0.3, 0.4) is 0 Å². The van der Waals surface area contributed by atoms with Crippen LogP contribution in [0.2, 0.25) is 0 Å². The SMILES string of the molecule is CN1C(=O)C(=Cc2ccc(N(C)C)c([N+](=O)[O-])c2)C(=O)N(C)C1=O. The fourth-order valence-corrected chi connectivity index (χ4v) is 2.30. The number of likely N-dealkylation sites (N-methyl/N-ethyl adjacent to an activating group) is 2. The molecule has 1 aliphatic rings. The van der Waals surface area contributed by atoms with Crippen LogP contribution in [0, 0.1) is 10.1 Å². The van der Waals surface area contributed by atoms with Gasteiger partial charge in [0.15, 0.2) is 0 Å². The predicted octanol–water partition coefficient (Wildman–Crippen LogP) is 1.09. The van der Waals surface area contributed by atoms with Crippen LogP contribution < -0.4 is 4.90 Å². The Kier molecular flexibility index (Phi) is 4.36. The van der Waals surface area contributed by atoms with E-state index in [1.807, 2.05) is 0 Å². The number of benzene rings is 1. The van der Waals surface area contributed by atoms with Gasteiger partial charge in [0, 0.05) is 34.3 Å². The number of nitrogens with zero attached hydrogens (tertiary/aromatic N) is 4. The zero-order valence-corrected chi connectivity index (χ0v) is 13.6. The minimum Gasteiger partial charge on any atom is -0.372 e. The van der Waals surface area contributed by atoms with Crippen molar-refractivity contribution in [3.8, 4) is 0 Å². The number of barbiturate groups is 1. The van der Waals surface area contributed by atoms with E-state index >= 15 is 0 Å². The average Bonchev–Trinajstić information content (AvgIpc) is 2.54. The Bertz CT molecular complexity index is 758. The molecular weight excluding hydrogens is 316 g/mol. The highest BCUT2D eigenvalue weighted by Crippen LogP contribution is 2.29. The smallest absolute Gasteiger partial charge is 0.333 e. The molecule has 0 saturated carbocycles. The first-order chi connectivity index (χ1) is 11.1. The van der Waals surface area contributed by atoms with E-state index in [9.17, 15) is 24.5 Å². The van der Waals surface area contributed by atoms with Crippen molar-refractivity contribution >= 4 is 35.3 Å². The van der Waals surface area contributed by atoms with Gasteiger partial charge in [0.1, 0.15) is 11.3 Å². The molecule has 126 valence electrons. The number of carbonyl (C=O) groups is 3. The molecule has 1 fully saturated rings. The third-order valence-electron chi connectivity index (χ3n) is 3.63. The Balaban J connectivity index is 2.52. The molecule has 9 nitrogen and oxygen atoms in total. The maximum absolute atomic E-state index is 12.1. The first-order valence-corrected chi connectivity index (χ1v) is 6.92. The first-order valence-electron chi connectivity index (χ1n) is 6.92. The van der Waals surface area contributed by atoms with Crippen LogP contribution in [0.4, 0.5) is 16.2 Å². The Morgan fingerprint density at radius 2 is 1.62 bits per heavy atom. The maximum Gasteiger partial charge on any atom is 0.333 e. The van der Waals surface area contributed by atoms with Crippen molar-refractivity contribution in [3.05, 3.63) is 39.4 Å². The summed E-state index contributed by atoms with van der Waals surface area (Å²) in [7, 11) is 5.87. The molecule has 4 amide bonds. The zero-order valence-electron chi connectivity index (χ0n) is 13.6. The summed E-state index contributed by atoms with van der Waals surface area (Å²) in [5, 5.41) is 11.2. The molecule has 1 aromatic rings. The molecule has 0 N–H and O–H groups in total. The molecule has 0 radical (unpaired) electrons. The summed E-state index contributed by atoms with van der Waals surface area (Å²) >= 11 is 0. The van der Waals surface area contributed by atoms with Gasteiger partial charge < -0.3 is 4.90 Å². The third-order valence-corrected chi connectivity index (χ3v) is 3.63. The van der Waals surface area contributed by atoms with E-state index in [0.717, 1.165) is 9.80 Å². The normalized spacial score (nSPS) is 15.0. The molecule has 0 aliphatic carbocycles. The number of hydrogen-bond acceptors (Lipinski definition) is 6. The summed E-state index contributed by atoms with van der Waals surface area (Å²) in [6, 6.07) is 3.64. The molecular formula is C15H16N4O5. The molecule has 1 aromatic carbocycles. The lowest BCUT2D eigenvalue weighted by molar-refractivity contribution is -0.384. The van der Waals surface area contributed by atoms with Crippen LogP contribution in [0.25, 0.3) is 6.08 Å². The van der Waals surface area contributed by atoms with Crippen molar-refractivity contribution < 1.29 is 19.3 Å². The van der Waals surface area contributed by atoms with Crippen molar-refractivity contribution in [2.45, 2.75) is 0 Å². The second-order valence-electron chi connectivity index (χ2n) is 5.47. The summed E-state index contributed by atoms with van der Waals surface area (Å²) < 4.78 is 0. The summed E-state index contributed by atoms with van der Waals surface area (Å²) in [6.45, 7) is 0. The van der Waals surface area contributed by atoms with Crippen LogP contribution in [-0.4, -0.2) is 60.8 Å². The fourth-order valence-electron chi connectivity index (χ4n) is 2.30. The van der Waals surface area contributed by atoms with E-state index in [1.165, 1.54) is 32.3 Å². The number of anilines is 1. The molecule has 1 aliphatic heterocycles. The van der Waals surface area contributed by atoms with Gasteiger partial charge in [0.2, 0.25) is 0 Å². The fraction of sp³-hybridized carbons (Fsp3) is 0.267. The van der Waals surface area contributed by atoms with Gasteiger partial charge in [-0.3, -0.25) is 29.5 Å². The Hall–Kier alpha value is -3.23. The standard InChI is InChI=1S/C15H16N4O5/c1-16(2)11-6-5-9(8-12(11)19(23)24)7-10-13(20)17(3)15(22)18(4)14(10)21/h5-8H,1-4H3. The molecule has 9 heteroatoms. The third kappa shape index (κ3) is 2.83. The number of rotatable bonds is 3. The molecule has 0 spiro atoms. The van der Waals surface area contributed by atoms with E-state index in [2.05, 4.69) is 0 Å². The van der Waals surface area contributed by atoms with Gasteiger partial charge in [-0.1, -0.05) is 6.07 Å². The monoisotopic (exact) mass is 332 g/mol. The van der Waals surface area contributed by atoms with Crippen molar-refractivity contribution in [3.63, 3.8) is 0 Å². The number of imide groups is 2. The highest BCUT2D eigenvalue weighted by molar-refractivity contribution is 6.30. The molecule has 2 rings (SSSR count). The summed E-state index contributed by atoms with van der Waals surface area (Å²) in [5.74, 6) is -1.50. The van der Waals surface area contributed by atoms with Crippen LogP contribution in [-0.2, 0) is 9.59 Å². The molecule has 0 atom stereocenters. The second kappa shape index (κ2) is 6.11. The molecule has 1 heterocycles. The summed E-state index contributed by atoms with van der Waals surface area (Å²) in [6.07, 6.45) is 1.25. The maximum atomic E-state index is 12.1. The number of nitro benzene ring substituents is 1. The quantitative estimate of drug-likeness (QED) is 0.355. The Morgan fingerprint density at radius 3 is 2.08 bits per heavy atom. The minimum absolute atomic E-state index is 0.150. The van der Waals surface area contributed by atoms with Gasteiger partial charge in [-0.25, -0.2) is 4.79 Å². The lowest BCUT2D eigenvalue weighted by Gasteiger charge is -2.28. The first kappa shape index (κ1) is 17.1. The van der Waals surface area contributed by atoms with Crippen molar-refractivity contribution in [2.24, 2.45) is 0 Å². The van der Waals surface area contributed by atoms with Gasteiger partial charge in [-0.05, 0) is 17.7 Å². The minimum atomic E-state index is -0.748. The lowest BCUT2D eigenvalue weighted by atomic mass is 10.1. The van der Waals surface area contributed by atoms with E-state index in [1.54, 1.807) is 25.1 Å². The van der Waals surface area contributed by atoms with Crippen LogP contribution in [0.1, 0.15) is 5.56 Å². The van der Waals surface area contributed by atoms with Gasteiger partial charge in [-0.15, -0.1) is 0 Å². The highest BCUT2D eigenvalue weighted by atomic mass is 16.6. The van der Waals surface area contributed by atoms with Crippen molar-refractivity contribution in [1.82, 2.24) is 9.80 Å². The Labute approximate surface area is 137 Å². The lowest BCUT2D eigenvalue weighted by Crippen LogP contribution is -2.52.